The summed E-state index contributed by atoms with van der Waals surface area (Å²) in [5, 5.41) is 3.14. The maximum atomic E-state index is 13.4. The molecule has 1 spiro atoms. The smallest absolute Gasteiger partial charge is 0.236 e. The lowest BCUT2D eigenvalue weighted by Gasteiger charge is -2.41. The Morgan fingerprint density at radius 2 is 2.04 bits per heavy atom. The molecule has 1 aromatic carbocycles. The third kappa shape index (κ3) is 3.22. The topological polar surface area (TPSA) is 52.7 Å². The Hall–Kier alpha value is -1.59. The van der Waals surface area contributed by atoms with Crippen LogP contribution in [0.15, 0.2) is 24.3 Å². The van der Waals surface area contributed by atoms with Crippen molar-refractivity contribution in [3.63, 3.8) is 0 Å². The van der Waals surface area contributed by atoms with Crippen molar-refractivity contribution in [1.29, 1.82) is 0 Å². The molecular weight excluding hydrogens is 374 g/mol. The number of carbonyl (C=O) groups is 2. The maximum Gasteiger partial charge on any atom is 0.236 e. The molecular formula is C22H30ClN3O2. The fourth-order valence-electron chi connectivity index (χ4n) is 5.79. The van der Waals surface area contributed by atoms with Gasteiger partial charge in [0.05, 0.1) is 6.54 Å². The summed E-state index contributed by atoms with van der Waals surface area (Å²) >= 11 is 0. The van der Waals surface area contributed by atoms with E-state index in [1.54, 1.807) is 0 Å². The highest BCUT2D eigenvalue weighted by atomic mass is 35.5. The quantitative estimate of drug-likeness (QED) is 0.823. The molecule has 1 N–H and O–H groups in total. The maximum absolute atomic E-state index is 13.4. The minimum atomic E-state index is 0. The number of likely N-dealkylation sites (tertiary alicyclic amines) is 1. The van der Waals surface area contributed by atoms with Gasteiger partial charge in [-0.2, -0.15) is 0 Å². The van der Waals surface area contributed by atoms with E-state index < -0.39 is 0 Å². The molecule has 2 saturated heterocycles. The van der Waals surface area contributed by atoms with E-state index in [1.165, 1.54) is 17.5 Å². The highest BCUT2D eigenvalue weighted by Crippen LogP contribution is 2.60. The molecule has 3 unspecified atom stereocenters. The number of carbonyl (C=O) groups excluding carboxylic acids is 2. The summed E-state index contributed by atoms with van der Waals surface area (Å²) in [6, 6.07) is 8.93. The lowest BCUT2D eigenvalue weighted by Crippen LogP contribution is -2.57. The number of fused-ring (bicyclic) bond motifs is 2. The van der Waals surface area contributed by atoms with Crippen molar-refractivity contribution in [3.8, 4) is 0 Å². The number of piperidine rings is 1. The molecule has 0 bridgehead atoms. The van der Waals surface area contributed by atoms with Crippen LogP contribution < -0.4 is 5.32 Å². The normalized spacial score (nSPS) is 31.9. The number of benzene rings is 1. The number of nitrogens with one attached hydrogen (secondary N) is 1. The second kappa shape index (κ2) is 7.68. The van der Waals surface area contributed by atoms with Crippen LogP contribution in [0.25, 0.3) is 0 Å². The van der Waals surface area contributed by atoms with Gasteiger partial charge in [0.2, 0.25) is 11.8 Å². The summed E-state index contributed by atoms with van der Waals surface area (Å²) in [5.41, 5.74) is 2.98. The van der Waals surface area contributed by atoms with Gasteiger partial charge >= 0.3 is 0 Å². The van der Waals surface area contributed by atoms with Gasteiger partial charge in [-0.25, -0.2) is 0 Å². The number of amides is 2. The van der Waals surface area contributed by atoms with E-state index in [-0.39, 0.29) is 35.7 Å². The molecule has 2 amide bonds. The highest BCUT2D eigenvalue weighted by molar-refractivity contribution is 5.86. The van der Waals surface area contributed by atoms with E-state index in [4.69, 9.17) is 0 Å². The molecule has 1 saturated carbocycles. The molecule has 3 fully saturated rings. The largest absolute Gasteiger partial charge is 0.340 e. The summed E-state index contributed by atoms with van der Waals surface area (Å²) in [6.07, 6.45) is 6.52. The molecule has 4 aliphatic rings. The Balaban J connectivity index is 0.00000192. The lowest BCUT2D eigenvalue weighted by molar-refractivity contribution is -0.141. The van der Waals surface area contributed by atoms with Gasteiger partial charge in [0.15, 0.2) is 0 Å². The second-order valence-corrected chi connectivity index (χ2v) is 8.77. The van der Waals surface area contributed by atoms with Crippen molar-refractivity contribution < 1.29 is 9.59 Å². The van der Waals surface area contributed by atoms with Crippen LogP contribution in [0, 0.1) is 5.92 Å². The van der Waals surface area contributed by atoms with Gasteiger partial charge in [0, 0.05) is 43.6 Å². The van der Waals surface area contributed by atoms with Gasteiger partial charge in [-0.3, -0.25) is 9.59 Å². The number of piperazine rings is 1. The van der Waals surface area contributed by atoms with Crippen molar-refractivity contribution in [3.05, 3.63) is 35.4 Å². The van der Waals surface area contributed by atoms with Crippen LogP contribution in [0.3, 0.4) is 0 Å². The summed E-state index contributed by atoms with van der Waals surface area (Å²) < 4.78 is 0. The number of hydrogen-bond donors (Lipinski definition) is 1. The van der Waals surface area contributed by atoms with E-state index in [0.29, 0.717) is 12.5 Å². The van der Waals surface area contributed by atoms with Gasteiger partial charge in [0.1, 0.15) is 0 Å². The van der Waals surface area contributed by atoms with Crippen LogP contribution >= 0.6 is 12.4 Å². The molecule has 6 heteroatoms. The van der Waals surface area contributed by atoms with Crippen LogP contribution in [0.4, 0.5) is 0 Å². The van der Waals surface area contributed by atoms with Crippen LogP contribution in [0.2, 0.25) is 0 Å². The lowest BCUT2D eigenvalue weighted by atomic mass is 9.78. The van der Waals surface area contributed by atoms with Gasteiger partial charge in [-0.1, -0.05) is 24.3 Å². The molecule has 3 atom stereocenters. The average molecular weight is 404 g/mol. The molecule has 2 aliphatic heterocycles. The number of aryl methyl sites for hydroxylation is 1. The molecule has 5 nitrogen and oxygen atoms in total. The molecule has 5 rings (SSSR count). The molecule has 152 valence electrons. The van der Waals surface area contributed by atoms with E-state index in [2.05, 4.69) is 34.5 Å². The Kier molecular flexibility index (Phi) is 5.41. The van der Waals surface area contributed by atoms with Crippen molar-refractivity contribution in [2.45, 2.75) is 50.0 Å². The predicted molar refractivity (Wildman–Crippen MR) is 111 cm³/mol. The van der Waals surface area contributed by atoms with Crippen molar-refractivity contribution >= 4 is 24.2 Å². The zero-order valence-electron chi connectivity index (χ0n) is 16.4. The fraction of sp³-hybridized carbons (Fsp3) is 0.636. The molecule has 1 aromatic rings. The van der Waals surface area contributed by atoms with Crippen LogP contribution in [-0.4, -0.2) is 60.4 Å². The number of halogens is 1. The Bertz CT molecular complexity index is 770. The van der Waals surface area contributed by atoms with E-state index in [9.17, 15) is 9.59 Å². The summed E-state index contributed by atoms with van der Waals surface area (Å²) in [6.45, 7) is 3.64. The molecule has 0 radical (unpaired) electrons. The molecule has 0 aromatic heterocycles. The number of hydrogen-bond acceptors (Lipinski definition) is 3. The number of nitrogens with zero attached hydrogens (tertiary/aromatic N) is 2. The number of rotatable bonds is 2. The monoisotopic (exact) mass is 403 g/mol. The Morgan fingerprint density at radius 1 is 1.18 bits per heavy atom. The summed E-state index contributed by atoms with van der Waals surface area (Å²) in [4.78, 5) is 29.7. The van der Waals surface area contributed by atoms with Crippen molar-refractivity contribution in [1.82, 2.24) is 15.1 Å². The van der Waals surface area contributed by atoms with E-state index in [0.717, 1.165) is 58.3 Å². The SMILES string of the molecule is Cl.O=C(C1CC12CCCc1ccccc12)N1CCCC(N2CCNCC2=O)C1. The Morgan fingerprint density at radius 3 is 2.89 bits per heavy atom. The minimum Gasteiger partial charge on any atom is -0.340 e. The van der Waals surface area contributed by atoms with Crippen LogP contribution in [0.1, 0.15) is 43.2 Å². The third-order valence-electron chi connectivity index (χ3n) is 7.27. The zero-order chi connectivity index (χ0) is 18.4. The average Bonchev–Trinajstić information content (AvgIpc) is 3.43. The Labute approximate surface area is 173 Å². The van der Waals surface area contributed by atoms with Gasteiger partial charge in [-0.15, -0.1) is 12.4 Å². The zero-order valence-corrected chi connectivity index (χ0v) is 17.2. The minimum absolute atomic E-state index is 0. The first-order valence-corrected chi connectivity index (χ1v) is 10.6. The van der Waals surface area contributed by atoms with Crippen molar-refractivity contribution in [2.24, 2.45) is 5.92 Å². The first-order valence-electron chi connectivity index (χ1n) is 10.6. The van der Waals surface area contributed by atoms with Crippen LogP contribution in [-0.2, 0) is 21.4 Å². The van der Waals surface area contributed by atoms with Crippen LogP contribution in [0.5, 0.6) is 0 Å². The summed E-state index contributed by atoms with van der Waals surface area (Å²) in [7, 11) is 0. The second-order valence-electron chi connectivity index (χ2n) is 8.77. The fourth-order valence-corrected chi connectivity index (χ4v) is 5.79. The van der Waals surface area contributed by atoms with E-state index in [1.807, 2.05) is 4.90 Å². The summed E-state index contributed by atoms with van der Waals surface area (Å²) in [5.74, 6) is 0.667. The first kappa shape index (κ1) is 19.7. The molecule has 28 heavy (non-hydrogen) atoms. The first-order chi connectivity index (χ1) is 13.2. The van der Waals surface area contributed by atoms with Gasteiger partial charge in [-0.05, 0) is 49.7 Å². The van der Waals surface area contributed by atoms with E-state index >= 15 is 0 Å². The molecule has 2 heterocycles. The van der Waals surface area contributed by atoms with Crippen molar-refractivity contribution in [2.75, 3.05) is 32.7 Å². The standard InChI is InChI=1S/C22H29N3O2.ClH/c26-20-14-23-10-12-25(20)17-7-4-11-24(15-17)21(27)19-13-22(19)9-3-6-16-5-1-2-8-18(16)22;/h1-2,5,8,17,19,23H,3-4,6-7,9-15H2;1H. The third-order valence-corrected chi connectivity index (χ3v) is 7.27. The highest BCUT2D eigenvalue weighted by Gasteiger charge is 2.61. The van der Waals surface area contributed by atoms with Gasteiger partial charge in [0.25, 0.3) is 0 Å². The predicted octanol–water partition coefficient (Wildman–Crippen LogP) is 2.13. The van der Waals surface area contributed by atoms with Gasteiger partial charge < -0.3 is 15.1 Å². The molecule has 2 aliphatic carbocycles.